The summed E-state index contributed by atoms with van der Waals surface area (Å²) in [7, 11) is 0. The maximum absolute atomic E-state index is 14.7. The number of carbonyl (C=O) groups is 2. The highest BCUT2D eigenvalue weighted by atomic mass is 16.8. The summed E-state index contributed by atoms with van der Waals surface area (Å²) in [6, 6.07) is 0. The van der Waals surface area contributed by atoms with Gasteiger partial charge < -0.3 is 84.6 Å². The van der Waals surface area contributed by atoms with Gasteiger partial charge in [-0.3, -0.25) is 4.79 Å². The highest BCUT2D eigenvalue weighted by molar-refractivity contribution is 5.79. The van der Waals surface area contributed by atoms with Gasteiger partial charge in [-0.25, -0.2) is 4.79 Å². The Morgan fingerprint density at radius 2 is 1.24 bits per heavy atom. The normalized spacial score (nSPS) is 52.6. The van der Waals surface area contributed by atoms with E-state index in [4.69, 9.17) is 28.4 Å². The van der Waals surface area contributed by atoms with Crippen LogP contribution in [-0.4, -0.2) is 180 Å². The summed E-state index contributed by atoms with van der Waals surface area (Å²) in [5.41, 5.74) is -1.05. The average molecular weight is 957 g/mol. The number of aliphatic carboxylic acids is 1. The minimum Gasteiger partial charge on any atom is -0.479 e. The molecule has 3 saturated heterocycles. The van der Waals surface area contributed by atoms with Crippen molar-refractivity contribution in [3.63, 3.8) is 0 Å². The topological polar surface area (TPSA) is 312 Å². The highest BCUT2D eigenvalue weighted by Gasteiger charge is 2.70. The van der Waals surface area contributed by atoms with E-state index in [0.29, 0.717) is 25.7 Å². The molecule has 0 amide bonds. The molecule has 19 nitrogen and oxygen atoms in total. The van der Waals surface area contributed by atoms with E-state index >= 15 is 0 Å². The Hall–Kier alpha value is -1.92. The van der Waals surface area contributed by atoms with Crippen LogP contribution in [0.15, 0.2) is 11.6 Å². The van der Waals surface area contributed by atoms with Crippen molar-refractivity contribution in [2.24, 2.45) is 50.2 Å². The van der Waals surface area contributed by atoms with E-state index in [0.717, 1.165) is 38.5 Å². The van der Waals surface area contributed by atoms with E-state index < -0.39 is 134 Å². The second kappa shape index (κ2) is 18.0. The molecule has 0 aromatic rings. The zero-order valence-electron chi connectivity index (χ0n) is 39.7. The molecule has 8 unspecified atom stereocenters. The number of carboxylic acid groups (broad SMARTS) is 1. The molecule has 0 aromatic heterocycles. The van der Waals surface area contributed by atoms with Gasteiger partial charge >= 0.3 is 11.9 Å². The van der Waals surface area contributed by atoms with Crippen molar-refractivity contribution in [3.8, 4) is 0 Å². The summed E-state index contributed by atoms with van der Waals surface area (Å²) >= 11 is 0. The summed E-state index contributed by atoms with van der Waals surface area (Å²) in [6.07, 6.45) is -16.4. The standard InChI is InChI=1S/C48H76O19/c1-43(2)14-16-48(42(61)67-40-35(58)31(54)29(52)24(20-50)63-40)17-15-46(6)21(22(48)18-43)8-9-26-45(5)12-11-27(44(3,4)25(45)10-13-47(26,46)7)64-41-37(33(56)32(55)36(65-41)38(59)60)66-39-34(57)30(53)28(51)23(19-49)62-39/h8,22-37,39-41,49-58H,9-20H2,1-7H3,(H,59,60)/t22?,23-,24-,25?,26?,27?,28-,29-,30-,31-,32+,33-,34-,35-,36+,37-,39+,40+,41-,45?,46?,47?,48?/m1/s1. The molecule has 0 aromatic carbocycles. The van der Waals surface area contributed by atoms with Crippen LogP contribution >= 0.6 is 0 Å². The molecule has 0 spiro atoms. The number of carboxylic acids is 1. The number of hydrogen-bond acceptors (Lipinski definition) is 18. The van der Waals surface area contributed by atoms with Gasteiger partial charge in [-0.05, 0) is 109 Å². The van der Waals surface area contributed by atoms with Gasteiger partial charge in [0, 0.05) is 0 Å². The van der Waals surface area contributed by atoms with Gasteiger partial charge in [0.2, 0.25) is 6.29 Å². The number of aliphatic hydroxyl groups is 10. The van der Waals surface area contributed by atoms with Gasteiger partial charge in [-0.2, -0.15) is 0 Å². The number of rotatable bonds is 9. The van der Waals surface area contributed by atoms with Crippen LogP contribution in [0.3, 0.4) is 0 Å². The highest BCUT2D eigenvalue weighted by Crippen LogP contribution is 2.76. The molecule has 0 bridgehead atoms. The molecule has 0 radical (unpaired) electrons. The third kappa shape index (κ3) is 8.06. The van der Waals surface area contributed by atoms with Crippen molar-refractivity contribution in [2.45, 2.75) is 211 Å². The van der Waals surface area contributed by atoms with E-state index in [1.807, 2.05) is 0 Å². The van der Waals surface area contributed by atoms with E-state index in [2.05, 4.69) is 54.5 Å². The largest absolute Gasteiger partial charge is 0.479 e. The number of ether oxygens (including phenoxy) is 6. The van der Waals surface area contributed by atoms with Crippen LogP contribution < -0.4 is 0 Å². The summed E-state index contributed by atoms with van der Waals surface area (Å²) in [4.78, 5) is 27.0. The lowest BCUT2D eigenvalue weighted by Gasteiger charge is -2.71. The molecule has 23 atom stereocenters. The Morgan fingerprint density at radius 1 is 0.642 bits per heavy atom. The average Bonchev–Trinajstić information content (AvgIpc) is 3.26. The lowest BCUT2D eigenvalue weighted by atomic mass is 9.33. The number of allylic oxidation sites excluding steroid dienone is 2. The van der Waals surface area contributed by atoms with Gasteiger partial charge in [0.1, 0.15) is 67.1 Å². The zero-order valence-corrected chi connectivity index (χ0v) is 39.7. The predicted octanol–water partition coefficient (Wildman–Crippen LogP) is 0.233. The SMILES string of the molecule is CC1(C)CCC2(C(=O)O[C@@H]3O[C@H](CO)[C@@H](O)[C@@H](O)[C@H]3O)CCC3(C)C(=CCC4C5(C)CCC(O[C@@H]6O[C@H](C(=O)O)[C@@H](O)[C@@H](O)[C@H]6O[C@@H]6O[C@H](CO)[C@@H](O)[C@@H](O)[C@H]6O)C(C)(C)C5CCC43C)C2C1. The van der Waals surface area contributed by atoms with Crippen molar-refractivity contribution in [1.82, 2.24) is 0 Å². The van der Waals surface area contributed by atoms with Crippen molar-refractivity contribution in [1.29, 1.82) is 0 Å². The molecule has 8 rings (SSSR count). The van der Waals surface area contributed by atoms with E-state index in [-0.39, 0.29) is 39.4 Å². The Kier molecular flexibility index (Phi) is 13.8. The molecule has 19 heteroatoms. The first-order valence-electron chi connectivity index (χ1n) is 24.3. The molecule has 7 fully saturated rings. The monoisotopic (exact) mass is 956 g/mol. The molecule has 8 aliphatic rings. The van der Waals surface area contributed by atoms with Gasteiger partial charge in [0.25, 0.3) is 0 Å². The first-order chi connectivity index (χ1) is 31.2. The molecule has 3 aliphatic heterocycles. The van der Waals surface area contributed by atoms with Gasteiger partial charge in [-0.1, -0.05) is 60.1 Å². The molecular weight excluding hydrogens is 881 g/mol. The van der Waals surface area contributed by atoms with E-state index in [1.165, 1.54) is 5.57 Å². The van der Waals surface area contributed by atoms with Crippen molar-refractivity contribution in [3.05, 3.63) is 11.6 Å². The number of esters is 1. The molecule has 5 aliphatic carbocycles. The first kappa shape index (κ1) is 51.4. The predicted molar refractivity (Wildman–Crippen MR) is 231 cm³/mol. The van der Waals surface area contributed by atoms with E-state index in [9.17, 15) is 65.8 Å². The third-order valence-corrected chi connectivity index (χ3v) is 19.3. The summed E-state index contributed by atoms with van der Waals surface area (Å²) < 4.78 is 35.7. The Balaban J connectivity index is 1.05. The fourth-order valence-electron chi connectivity index (χ4n) is 15.0. The smallest absolute Gasteiger partial charge is 0.335 e. The molecule has 382 valence electrons. The van der Waals surface area contributed by atoms with Crippen molar-refractivity contribution in [2.75, 3.05) is 13.2 Å². The molecule has 3 heterocycles. The summed E-state index contributed by atoms with van der Waals surface area (Å²) in [5, 5.41) is 115. The van der Waals surface area contributed by atoms with Gasteiger partial charge in [-0.15, -0.1) is 0 Å². The zero-order chi connectivity index (χ0) is 49.1. The lowest BCUT2D eigenvalue weighted by Crippen LogP contribution is -2.67. The molecule has 11 N–H and O–H groups in total. The molecule has 4 saturated carbocycles. The third-order valence-electron chi connectivity index (χ3n) is 19.3. The first-order valence-corrected chi connectivity index (χ1v) is 24.3. The van der Waals surface area contributed by atoms with Crippen LogP contribution in [0.1, 0.15) is 113 Å². The maximum atomic E-state index is 14.7. The van der Waals surface area contributed by atoms with Gasteiger partial charge in [0.15, 0.2) is 18.7 Å². The fraction of sp³-hybridized carbons (Fsp3) is 0.917. The second-order valence-electron chi connectivity index (χ2n) is 23.5. The maximum Gasteiger partial charge on any atom is 0.335 e. The van der Waals surface area contributed by atoms with Crippen LogP contribution in [0.4, 0.5) is 0 Å². The van der Waals surface area contributed by atoms with Crippen LogP contribution in [0.2, 0.25) is 0 Å². The minimum atomic E-state index is -1.98. The van der Waals surface area contributed by atoms with Gasteiger partial charge in [0.05, 0.1) is 24.7 Å². The summed E-state index contributed by atoms with van der Waals surface area (Å²) in [5.74, 6) is -1.94. The lowest BCUT2D eigenvalue weighted by molar-refractivity contribution is -0.374. The number of aliphatic hydroxyl groups excluding tert-OH is 10. The van der Waals surface area contributed by atoms with E-state index in [1.54, 1.807) is 0 Å². The number of fused-ring (bicyclic) bond motifs is 7. The quantitative estimate of drug-likeness (QED) is 0.0838. The second-order valence-corrected chi connectivity index (χ2v) is 23.5. The minimum absolute atomic E-state index is 0.0828. The van der Waals surface area contributed by atoms with Crippen LogP contribution in [0, 0.1) is 50.2 Å². The molecule has 67 heavy (non-hydrogen) atoms. The fourth-order valence-corrected chi connectivity index (χ4v) is 15.0. The molecular formula is C48H76O19. The van der Waals surface area contributed by atoms with Crippen LogP contribution in [0.25, 0.3) is 0 Å². The van der Waals surface area contributed by atoms with Crippen molar-refractivity contribution >= 4 is 11.9 Å². The van der Waals surface area contributed by atoms with Crippen molar-refractivity contribution < 1.29 is 94.2 Å². The number of hydrogen-bond donors (Lipinski definition) is 11. The van der Waals surface area contributed by atoms with Crippen LogP contribution in [-0.2, 0) is 38.0 Å². The Morgan fingerprint density at radius 3 is 1.85 bits per heavy atom. The summed E-state index contributed by atoms with van der Waals surface area (Å²) in [6.45, 7) is 14.4. The Bertz CT molecular complexity index is 1870. The van der Waals surface area contributed by atoms with Crippen LogP contribution in [0.5, 0.6) is 0 Å². The number of carbonyl (C=O) groups excluding carboxylic acids is 1. The Labute approximate surface area is 391 Å².